The van der Waals surface area contributed by atoms with Crippen LogP contribution in [-0.2, 0) is 19.6 Å². The Morgan fingerprint density at radius 2 is 1.90 bits per heavy atom. The lowest BCUT2D eigenvalue weighted by molar-refractivity contribution is -0.385. The number of aromatic nitrogens is 4. The minimum Gasteiger partial charge on any atom is -0.483 e. The predicted molar refractivity (Wildman–Crippen MR) is 110 cm³/mol. The first kappa shape index (κ1) is 21.2. The van der Waals surface area contributed by atoms with Gasteiger partial charge in [0, 0.05) is 18.0 Å². The monoisotopic (exact) mass is 483 g/mol. The largest absolute Gasteiger partial charge is 0.483 e. The molecule has 0 aliphatic heterocycles. The second-order valence-corrected chi connectivity index (χ2v) is 7.47. The van der Waals surface area contributed by atoms with Crippen LogP contribution in [0.1, 0.15) is 11.7 Å². The molecule has 0 atom stereocenters. The van der Waals surface area contributed by atoms with E-state index in [1.54, 1.807) is 12.1 Å². The molecule has 0 N–H and O–H groups in total. The van der Waals surface area contributed by atoms with Gasteiger partial charge in [0.1, 0.15) is 24.8 Å². The highest BCUT2D eigenvalue weighted by Crippen LogP contribution is 2.36. The Hall–Kier alpha value is -3.08. The van der Waals surface area contributed by atoms with Gasteiger partial charge in [0.2, 0.25) is 5.89 Å². The molecule has 0 aliphatic rings. The van der Waals surface area contributed by atoms with Crippen LogP contribution in [0, 0.1) is 10.1 Å². The van der Waals surface area contributed by atoms with E-state index in [9.17, 15) is 10.1 Å². The fraction of sp³-hybridized carbons (Fsp3) is 0.167. The fourth-order valence-electron chi connectivity index (χ4n) is 2.61. The van der Waals surface area contributed by atoms with E-state index in [0.717, 1.165) is 0 Å². The lowest BCUT2D eigenvalue weighted by Gasteiger charge is -2.08. The number of hydrogen-bond donors (Lipinski definition) is 0. The summed E-state index contributed by atoms with van der Waals surface area (Å²) in [4.78, 5) is 10.2. The molecule has 0 amide bonds. The summed E-state index contributed by atoms with van der Waals surface area (Å²) >= 11 is 18.1. The van der Waals surface area contributed by atoms with Crippen molar-refractivity contribution in [1.82, 2.24) is 20.0 Å². The van der Waals surface area contributed by atoms with Crippen LogP contribution in [0.2, 0.25) is 15.1 Å². The zero-order valence-corrected chi connectivity index (χ0v) is 17.8. The molecule has 0 unspecified atom stereocenters. The van der Waals surface area contributed by atoms with E-state index in [-0.39, 0.29) is 28.2 Å². The highest BCUT2D eigenvalue weighted by Gasteiger charge is 2.15. The molecule has 0 spiro atoms. The van der Waals surface area contributed by atoms with Crippen LogP contribution in [0.4, 0.5) is 5.69 Å². The molecule has 1 aromatic carbocycles. The maximum atomic E-state index is 10.7. The minimum absolute atomic E-state index is 0.0696. The first-order valence-electron chi connectivity index (χ1n) is 8.74. The third-order valence-electron chi connectivity index (χ3n) is 4.05. The topological polar surface area (TPSA) is 122 Å². The van der Waals surface area contributed by atoms with Gasteiger partial charge < -0.3 is 13.6 Å². The summed E-state index contributed by atoms with van der Waals surface area (Å²) in [5.74, 6) is 1.67. The summed E-state index contributed by atoms with van der Waals surface area (Å²) < 4.78 is 18.3. The summed E-state index contributed by atoms with van der Waals surface area (Å²) in [6, 6.07) is 6.41. The van der Waals surface area contributed by atoms with Crippen molar-refractivity contribution in [3.8, 4) is 17.4 Å². The van der Waals surface area contributed by atoms with E-state index in [1.807, 2.05) is 0 Å². The maximum absolute atomic E-state index is 10.7. The first-order valence-corrected chi connectivity index (χ1v) is 9.88. The standard InChI is InChI=1S/C18H12Cl3N5O5/c19-10-5-13(20)17(14(21)6-10)29-9-12-1-2-15(30-12)18-24-23-16(31-18)3-4-25-8-11(7-22-25)26(27)28/h1-2,5-8H,3-4,9H2. The van der Waals surface area contributed by atoms with Crippen LogP contribution in [-0.4, -0.2) is 24.9 Å². The third-order valence-corrected chi connectivity index (χ3v) is 4.83. The first-order chi connectivity index (χ1) is 14.9. The van der Waals surface area contributed by atoms with Gasteiger partial charge in [0.15, 0.2) is 11.5 Å². The number of halogens is 3. The Kier molecular flexibility index (Phi) is 6.12. The molecule has 31 heavy (non-hydrogen) atoms. The van der Waals surface area contributed by atoms with Gasteiger partial charge >= 0.3 is 5.69 Å². The normalized spacial score (nSPS) is 11.1. The van der Waals surface area contributed by atoms with Gasteiger partial charge in [-0.3, -0.25) is 14.8 Å². The molecule has 4 rings (SSSR count). The number of rotatable bonds is 8. The van der Waals surface area contributed by atoms with Crippen LogP contribution in [0.25, 0.3) is 11.7 Å². The van der Waals surface area contributed by atoms with Crippen LogP contribution in [0.15, 0.2) is 45.5 Å². The van der Waals surface area contributed by atoms with E-state index < -0.39 is 4.92 Å². The highest BCUT2D eigenvalue weighted by atomic mass is 35.5. The van der Waals surface area contributed by atoms with Gasteiger partial charge in [0.05, 0.1) is 15.0 Å². The van der Waals surface area contributed by atoms with Crippen molar-refractivity contribution < 1.29 is 18.5 Å². The lowest BCUT2D eigenvalue weighted by Crippen LogP contribution is -2.01. The molecule has 0 bridgehead atoms. The predicted octanol–water partition coefficient (Wildman–Crippen LogP) is 5.22. The molecule has 0 fully saturated rings. The molecule has 0 saturated heterocycles. The molecule has 0 radical (unpaired) electrons. The summed E-state index contributed by atoms with van der Waals surface area (Å²) in [6.45, 7) is 0.412. The Balaban J connectivity index is 1.37. The molecular weight excluding hydrogens is 473 g/mol. The van der Waals surface area contributed by atoms with Crippen molar-refractivity contribution in [3.05, 3.63) is 73.5 Å². The van der Waals surface area contributed by atoms with Gasteiger partial charge in [-0.15, -0.1) is 10.2 Å². The second-order valence-electron chi connectivity index (χ2n) is 6.22. The molecule has 10 nitrogen and oxygen atoms in total. The molecular formula is C18H12Cl3N5O5. The van der Waals surface area contributed by atoms with Gasteiger partial charge in [-0.2, -0.15) is 5.10 Å². The zero-order chi connectivity index (χ0) is 22.0. The van der Waals surface area contributed by atoms with Gasteiger partial charge in [-0.25, -0.2) is 0 Å². The zero-order valence-electron chi connectivity index (χ0n) is 15.5. The Bertz CT molecular complexity index is 1210. The van der Waals surface area contributed by atoms with Crippen molar-refractivity contribution in [2.24, 2.45) is 0 Å². The van der Waals surface area contributed by atoms with Crippen LogP contribution >= 0.6 is 34.8 Å². The lowest BCUT2D eigenvalue weighted by atomic mass is 10.3. The quantitative estimate of drug-likeness (QED) is 0.246. The van der Waals surface area contributed by atoms with Crippen LogP contribution < -0.4 is 4.74 Å². The second kappa shape index (κ2) is 8.96. The molecule has 4 aromatic rings. The van der Waals surface area contributed by atoms with E-state index in [0.29, 0.717) is 41.1 Å². The minimum atomic E-state index is -0.513. The molecule has 3 heterocycles. The number of nitro groups is 1. The fourth-order valence-corrected chi connectivity index (χ4v) is 3.54. The van der Waals surface area contributed by atoms with Crippen molar-refractivity contribution in [3.63, 3.8) is 0 Å². The summed E-state index contributed by atoms with van der Waals surface area (Å²) in [6.07, 6.45) is 2.85. The van der Waals surface area contributed by atoms with Crippen molar-refractivity contribution in [2.75, 3.05) is 0 Å². The Morgan fingerprint density at radius 1 is 1.13 bits per heavy atom. The van der Waals surface area contributed by atoms with E-state index >= 15 is 0 Å². The van der Waals surface area contributed by atoms with Gasteiger partial charge in [-0.1, -0.05) is 34.8 Å². The number of benzene rings is 1. The van der Waals surface area contributed by atoms with Gasteiger partial charge in [0.25, 0.3) is 5.89 Å². The van der Waals surface area contributed by atoms with Crippen LogP contribution in [0.5, 0.6) is 5.75 Å². The van der Waals surface area contributed by atoms with E-state index in [2.05, 4.69) is 15.3 Å². The summed E-state index contributed by atoms with van der Waals surface area (Å²) in [5, 5.41) is 23.5. The highest BCUT2D eigenvalue weighted by molar-refractivity contribution is 6.40. The summed E-state index contributed by atoms with van der Waals surface area (Å²) in [5.41, 5.74) is -0.0854. The molecule has 3 aromatic heterocycles. The SMILES string of the molecule is O=[N+]([O-])c1cnn(CCc2nnc(-c3ccc(COc4c(Cl)cc(Cl)cc4Cl)o3)o2)c1. The smallest absolute Gasteiger partial charge is 0.306 e. The number of nitrogens with zero attached hydrogens (tertiary/aromatic N) is 5. The number of hydrogen-bond acceptors (Lipinski definition) is 8. The van der Waals surface area contributed by atoms with Gasteiger partial charge in [-0.05, 0) is 24.3 Å². The Morgan fingerprint density at radius 3 is 2.61 bits per heavy atom. The number of aryl methyl sites for hydroxylation is 2. The average molecular weight is 485 g/mol. The van der Waals surface area contributed by atoms with E-state index in [1.165, 1.54) is 29.2 Å². The molecule has 160 valence electrons. The third kappa shape index (κ3) is 4.98. The average Bonchev–Trinajstić information content (AvgIpc) is 3.45. The van der Waals surface area contributed by atoms with Crippen molar-refractivity contribution >= 4 is 40.5 Å². The van der Waals surface area contributed by atoms with E-state index in [4.69, 9.17) is 48.4 Å². The maximum Gasteiger partial charge on any atom is 0.306 e. The molecule has 13 heteroatoms. The number of ether oxygens (including phenoxy) is 1. The number of furan rings is 1. The summed E-state index contributed by atoms with van der Waals surface area (Å²) in [7, 11) is 0. The Labute approximate surface area is 189 Å². The van der Waals surface area contributed by atoms with Crippen molar-refractivity contribution in [1.29, 1.82) is 0 Å². The molecule has 0 aliphatic carbocycles. The van der Waals surface area contributed by atoms with Crippen molar-refractivity contribution in [2.45, 2.75) is 19.6 Å². The van der Waals surface area contributed by atoms with Crippen LogP contribution in [0.3, 0.4) is 0 Å². The molecule has 0 saturated carbocycles.